The van der Waals surface area contributed by atoms with Crippen LogP contribution in [0, 0.1) is 0 Å². The number of nitrogens with two attached hydrogens (primary N) is 1. The maximum atomic E-state index is 11.2. The van der Waals surface area contributed by atoms with Gasteiger partial charge in [-0.1, -0.05) is 0 Å². The van der Waals surface area contributed by atoms with Crippen molar-refractivity contribution < 1.29 is 9.59 Å². The Hall–Kier alpha value is -1.10. The molecule has 4 N–H and O–H groups in total. The number of nitrogens with one attached hydrogen (secondary N) is 2. The minimum atomic E-state index is -0.344. The van der Waals surface area contributed by atoms with Crippen LogP contribution < -0.4 is 16.4 Å². The average molecular weight is 185 g/mol. The summed E-state index contributed by atoms with van der Waals surface area (Å²) in [4.78, 5) is 21.6. The molecule has 1 fully saturated rings. The summed E-state index contributed by atoms with van der Waals surface area (Å²) in [7, 11) is 0. The molecule has 0 saturated carbocycles. The van der Waals surface area contributed by atoms with E-state index >= 15 is 0 Å². The average Bonchev–Trinajstić information content (AvgIpc) is 2.08. The van der Waals surface area contributed by atoms with E-state index in [-0.39, 0.29) is 24.3 Å². The fraction of sp³-hybridized carbons (Fsp3) is 0.750. The van der Waals surface area contributed by atoms with E-state index in [1.807, 2.05) is 0 Å². The van der Waals surface area contributed by atoms with Gasteiger partial charge in [0, 0.05) is 19.5 Å². The summed E-state index contributed by atoms with van der Waals surface area (Å²) in [5, 5.41) is 5.74. The number of carbonyl (C=O) groups excluding carboxylic acids is 2. The largest absolute Gasteiger partial charge is 0.370 e. The van der Waals surface area contributed by atoms with Crippen molar-refractivity contribution in [3.8, 4) is 0 Å². The monoisotopic (exact) mass is 185 g/mol. The molecule has 1 aliphatic heterocycles. The second kappa shape index (κ2) is 4.81. The number of hydrogen-bond acceptors (Lipinski definition) is 3. The van der Waals surface area contributed by atoms with Gasteiger partial charge in [-0.05, 0) is 12.8 Å². The van der Waals surface area contributed by atoms with Gasteiger partial charge in [0.2, 0.25) is 11.8 Å². The van der Waals surface area contributed by atoms with Crippen molar-refractivity contribution in [2.75, 3.05) is 13.1 Å². The fourth-order valence-corrected chi connectivity index (χ4v) is 1.34. The Balaban J connectivity index is 2.19. The first-order valence-corrected chi connectivity index (χ1v) is 4.49. The molecule has 0 aromatic heterocycles. The Morgan fingerprint density at radius 2 is 2.46 bits per heavy atom. The van der Waals surface area contributed by atoms with Gasteiger partial charge < -0.3 is 16.4 Å². The second-order valence-electron chi connectivity index (χ2n) is 3.16. The van der Waals surface area contributed by atoms with E-state index in [1.165, 1.54) is 0 Å². The Kier molecular flexibility index (Phi) is 3.70. The van der Waals surface area contributed by atoms with E-state index in [9.17, 15) is 9.59 Å². The number of hydrogen-bond donors (Lipinski definition) is 3. The Bertz CT molecular complexity index is 206. The Morgan fingerprint density at radius 3 is 3.08 bits per heavy atom. The summed E-state index contributed by atoms with van der Waals surface area (Å²) in [6.07, 6.45) is 2.11. The van der Waals surface area contributed by atoms with Gasteiger partial charge in [0.1, 0.15) is 0 Å². The van der Waals surface area contributed by atoms with E-state index in [0.29, 0.717) is 6.54 Å². The van der Waals surface area contributed by atoms with E-state index in [4.69, 9.17) is 5.73 Å². The van der Waals surface area contributed by atoms with Gasteiger partial charge in [0.05, 0.1) is 6.04 Å². The molecule has 0 aromatic carbocycles. The summed E-state index contributed by atoms with van der Waals surface area (Å²) < 4.78 is 0. The topological polar surface area (TPSA) is 84.2 Å². The first-order valence-electron chi connectivity index (χ1n) is 4.49. The first-order chi connectivity index (χ1) is 6.20. The van der Waals surface area contributed by atoms with E-state index in [2.05, 4.69) is 10.6 Å². The number of carbonyl (C=O) groups is 2. The van der Waals surface area contributed by atoms with Crippen LogP contribution in [-0.2, 0) is 9.59 Å². The minimum Gasteiger partial charge on any atom is -0.370 e. The lowest BCUT2D eigenvalue weighted by Crippen LogP contribution is -2.48. The predicted molar refractivity (Wildman–Crippen MR) is 47.8 cm³/mol. The van der Waals surface area contributed by atoms with Crippen molar-refractivity contribution in [2.24, 2.45) is 5.73 Å². The third-order valence-corrected chi connectivity index (χ3v) is 2.05. The predicted octanol–water partition coefficient (Wildman–Crippen LogP) is -1.27. The molecule has 1 saturated heterocycles. The van der Waals surface area contributed by atoms with E-state index in [1.54, 1.807) is 0 Å². The van der Waals surface area contributed by atoms with Crippen LogP contribution in [0.2, 0.25) is 0 Å². The summed E-state index contributed by atoms with van der Waals surface area (Å²) in [6, 6.07) is -0.145. The normalized spacial score (nSPS) is 22.5. The molecule has 0 bridgehead atoms. The van der Waals surface area contributed by atoms with Crippen molar-refractivity contribution in [3.63, 3.8) is 0 Å². The zero-order chi connectivity index (χ0) is 9.68. The zero-order valence-corrected chi connectivity index (χ0v) is 7.51. The molecule has 0 aromatic rings. The van der Waals surface area contributed by atoms with Gasteiger partial charge >= 0.3 is 0 Å². The van der Waals surface area contributed by atoms with Crippen LogP contribution in [0.4, 0.5) is 0 Å². The molecular weight excluding hydrogens is 170 g/mol. The molecule has 2 amide bonds. The second-order valence-corrected chi connectivity index (χ2v) is 3.16. The van der Waals surface area contributed by atoms with Gasteiger partial charge in [0.15, 0.2) is 0 Å². The van der Waals surface area contributed by atoms with Gasteiger partial charge in [-0.3, -0.25) is 9.59 Å². The van der Waals surface area contributed by atoms with E-state index < -0.39 is 0 Å². The quantitative estimate of drug-likeness (QED) is 0.510. The SMILES string of the molecule is NC(=O)CCNC1CCCNC1=O. The molecule has 0 spiro atoms. The summed E-state index contributed by atoms with van der Waals surface area (Å²) in [6.45, 7) is 1.24. The summed E-state index contributed by atoms with van der Waals surface area (Å²) in [5.41, 5.74) is 4.96. The fourth-order valence-electron chi connectivity index (χ4n) is 1.34. The molecule has 1 rings (SSSR count). The lowest BCUT2D eigenvalue weighted by Gasteiger charge is -2.22. The summed E-state index contributed by atoms with van der Waals surface area (Å²) in [5.74, 6) is -0.320. The number of amides is 2. The van der Waals surface area contributed by atoms with Crippen LogP contribution in [0.15, 0.2) is 0 Å². The molecule has 5 nitrogen and oxygen atoms in total. The van der Waals surface area contributed by atoms with Crippen LogP contribution in [0.3, 0.4) is 0 Å². The molecule has 0 radical (unpaired) electrons. The third kappa shape index (κ3) is 3.42. The Morgan fingerprint density at radius 1 is 1.69 bits per heavy atom. The number of piperidine rings is 1. The van der Waals surface area contributed by atoms with Gasteiger partial charge in [0.25, 0.3) is 0 Å². The third-order valence-electron chi connectivity index (χ3n) is 2.05. The van der Waals surface area contributed by atoms with E-state index in [0.717, 1.165) is 19.4 Å². The molecule has 74 valence electrons. The summed E-state index contributed by atoms with van der Waals surface area (Å²) >= 11 is 0. The molecule has 1 heterocycles. The van der Waals surface area contributed by atoms with Crippen molar-refractivity contribution in [2.45, 2.75) is 25.3 Å². The van der Waals surface area contributed by atoms with Crippen molar-refractivity contribution >= 4 is 11.8 Å². The molecular formula is C8H15N3O2. The lowest BCUT2D eigenvalue weighted by molar-refractivity contribution is -0.125. The molecule has 1 aliphatic rings. The highest BCUT2D eigenvalue weighted by atomic mass is 16.2. The first kappa shape index (κ1) is 9.98. The molecule has 5 heteroatoms. The molecule has 1 unspecified atom stereocenters. The van der Waals surface area contributed by atoms with Crippen LogP contribution in [0.5, 0.6) is 0 Å². The maximum absolute atomic E-state index is 11.2. The van der Waals surface area contributed by atoms with Crippen LogP contribution >= 0.6 is 0 Å². The smallest absolute Gasteiger partial charge is 0.237 e. The number of primary amides is 1. The van der Waals surface area contributed by atoms with Gasteiger partial charge in [-0.2, -0.15) is 0 Å². The maximum Gasteiger partial charge on any atom is 0.237 e. The van der Waals surface area contributed by atoms with Crippen molar-refractivity contribution in [1.82, 2.24) is 10.6 Å². The highest BCUT2D eigenvalue weighted by Crippen LogP contribution is 2.02. The van der Waals surface area contributed by atoms with Crippen molar-refractivity contribution in [3.05, 3.63) is 0 Å². The van der Waals surface area contributed by atoms with Crippen LogP contribution in [0.25, 0.3) is 0 Å². The van der Waals surface area contributed by atoms with Crippen LogP contribution in [0.1, 0.15) is 19.3 Å². The van der Waals surface area contributed by atoms with Gasteiger partial charge in [-0.15, -0.1) is 0 Å². The molecule has 0 aliphatic carbocycles. The highest BCUT2D eigenvalue weighted by molar-refractivity contribution is 5.82. The number of rotatable bonds is 4. The zero-order valence-electron chi connectivity index (χ0n) is 7.51. The van der Waals surface area contributed by atoms with Gasteiger partial charge in [-0.25, -0.2) is 0 Å². The van der Waals surface area contributed by atoms with Crippen LogP contribution in [-0.4, -0.2) is 30.9 Å². The molecule has 13 heavy (non-hydrogen) atoms. The minimum absolute atomic E-state index is 0.0238. The highest BCUT2D eigenvalue weighted by Gasteiger charge is 2.20. The standard InChI is InChI=1S/C8H15N3O2/c9-7(12)3-5-10-6-2-1-4-11-8(6)13/h6,10H,1-5H2,(H2,9,12)(H,11,13). The molecule has 1 atom stereocenters. The lowest BCUT2D eigenvalue weighted by atomic mass is 10.1. The van der Waals surface area contributed by atoms with Crippen molar-refractivity contribution in [1.29, 1.82) is 0 Å². The Labute approximate surface area is 77.1 Å².